The Hall–Kier alpha value is -1.27. The van der Waals surface area contributed by atoms with Crippen molar-refractivity contribution in [2.24, 2.45) is 7.05 Å². The second-order valence-corrected chi connectivity index (χ2v) is 4.87. The molecular formula is C10H14N4OS. The molecule has 0 aliphatic rings. The second-order valence-electron chi connectivity index (χ2n) is 3.80. The number of nitrogens with zero attached hydrogens (tertiary/aromatic N) is 4. The van der Waals surface area contributed by atoms with Crippen molar-refractivity contribution < 1.29 is 5.11 Å². The highest BCUT2D eigenvalue weighted by atomic mass is 32.1. The van der Waals surface area contributed by atoms with Crippen molar-refractivity contribution in [2.45, 2.75) is 25.9 Å². The van der Waals surface area contributed by atoms with Crippen molar-refractivity contribution in [1.82, 2.24) is 20.0 Å². The first-order valence-corrected chi connectivity index (χ1v) is 5.95. The van der Waals surface area contributed by atoms with Gasteiger partial charge in [0.25, 0.3) is 0 Å². The van der Waals surface area contributed by atoms with Crippen LogP contribution in [0, 0.1) is 6.92 Å². The fraction of sp³-hybridized carbons (Fsp3) is 0.500. The molecule has 0 amide bonds. The first-order chi connectivity index (χ1) is 7.63. The van der Waals surface area contributed by atoms with Gasteiger partial charge in [-0.05, 0) is 6.92 Å². The molecule has 6 heteroatoms. The largest absolute Gasteiger partial charge is 0.392 e. The van der Waals surface area contributed by atoms with Crippen LogP contribution in [0.5, 0.6) is 0 Å². The molecule has 0 aliphatic heterocycles. The van der Waals surface area contributed by atoms with Gasteiger partial charge in [0, 0.05) is 31.5 Å². The normalized spacial score (nSPS) is 12.9. The zero-order valence-corrected chi connectivity index (χ0v) is 10.1. The number of hydrogen-bond donors (Lipinski definition) is 1. The first kappa shape index (κ1) is 11.2. The van der Waals surface area contributed by atoms with Crippen molar-refractivity contribution in [3.8, 4) is 0 Å². The fourth-order valence-corrected chi connectivity index (χ4v) is 2.17. The molecule has 1 atom stereocenters. The summed E-state index contributed by atoms with van der Waals surface area (Å²) in [6, 6.07) is 0. The smallest absolute Gasteiger partial charge is 0.0897 e. The summed E-state index contributed by atoms with van der Waals surface area (Å²) in [6.45, 7) is 1.96. The lowest BCUT2D eigenvalue weighted by Crippen LogP contribution is -2.14. The van der Waals surface area contributed by atoms with Crippen LogP contribution in [0.25, 0.3) is 0 Å². The molecule has 2 heterocycles. The lowest BCUT2D eigenvalue weighted by molar-refractivity contribution is 0.173. The summed E-state index contributed by atoms with van der Waals surface area (Å²) in [5.74, 6) is 0. The highest BCUT2D eigenvalue weighted by Gasteiger charge is 2.11. The summed E-state index contributed by atoms with van der Waals surface area (Å²) in [4.78, 5) is 4.31. The zero-order chi connectivity index (χ0) is 11.5. The maximum Gasteiger partial charge on any atom is 0.0897 e. The Morgan fingerprint density at radius 1 is 1.44 bits per heavy atom. The van der Waals surface area contributed by atoms with Crippen LogP contribution < -0.4 is 0 Å². The van der Waals surface area contributed by atoms with E-state index >= 15 is 0 Å². The molecule has 0 aromatic carbocycles. The monoisotopic (exact) mass is 238 g/mol. The van der Waals surface area contributed by atoms with Crippen molar-refractivity contribution in [3.63, 3.8) is 0 Å². The van der Waals surface area contributed by atoms with Crippen molar-refractivity contribution >= 4 is 11.3 Å². The predicted octanol–water partition coefficient (Wildman–Crippen LogP) is 0.726. The lowest BCUT2D eigenvalue weighted by Gasteiger charge is -2.05. The van der Waals surface area contributed by atoms with Crippen molar-refractivity contribution in [3.05, 3.63) is 28.0 Å². The van der Waals surface area contributed by atoms with Crippen LogP contribution in [-0.2, 0) is 19.9 Å². The van der Waals surface area contributed by atoms with Gasteiger partial charge in [-0.1, -0.05) is 5.21 Å². The minimum atomic E-state index is -0.446. The number of hydrogen-bond acceptors (Lipinski definition) is 5. The molecule has 1 unspecified atom stereocenters. The van der Waals surface area contributed by atoms with Gasteiger partial charge in [-0.2, -0.15) is 0 Å². The Kier molecular flexibility index (Phi) is 3.31. The Labute approximate surface area is 97.8 Å². The maximum absolute atomic E-state index is 9.86. The van der Waals surface area contributed by atoms with E-state index in [0.29, 0.717) is 12.8 Å². The fourth-order valence-electron chi connectivity index (χ4n) is 1.55. The van der Waals surface area contributed by atoms with E-state index in [4.69, 9.17) is 0 Å². The third kappa shape index (κ3) is 2.86. The van der Waals surface area contributed by atoms with Gasteiger partial charge in [-0.15, -0.1) is 16.4 Å². The summed E-state index contributed by atoms with van der Waals surface area (Å²) in [7, 11) is 1.81. The van der Waals surface area contributed by atoms with E-state index in [9.17, 15) is 5.11 Å². The summed E-state index contributed by atoms with van der Waals surface area (Å²) in [5, 5.41) is 20.6. The number of rotatable bonds is 4. The van der Waals surface area contributed by atoms with E-state index in [-0.39, 0.29) is 0 Å². The molecule has 16 heavy (non-hydrogen) atoms. The molecule has 2 aromatic rings. The van der Waals surface area contributed by atoms with Crippen LogP contribution in [-0.4, -0.2) is 31.2 Å². The molecule has 0 saturated carbocycles. The quantitative estimate of drug-likeness (QED) is 0.852. The van der Waals surface area contributed by atoms with Crippen LogP contribution in [0.2, 0.25) is 0 Å². The second kappa shape index (κ2) is 4.71. The molecule has 0 fully saturated rings. The Bertz CT molecular complexity index is 423. The van der Waals surface area contributed by atoms with E-state index in [1.54, 1.807) is 16.0 Å². The SMILES string of the molecule is Cc1nc(CC(O)Cc2cn(C)nn2)cs1. The summed E-state index contributed by atoms with van der Waals surface area (Å²) in [5.41, 5.74) is 1.75. The predicted molar refractivity (Wildman–Crippen MR) is 61.3 cm³/mol. The van der Waals surface area contributed by atoms with E-state index in [0.717, 1.165) is 16.4 Å². The van der Waals surface area contributed by atoms with Gasteiger partial charge in [-0.25, -0.2) is 4.98 Å². The lowest BCUT2D eigenvalue weighted by atomic mass is 10.1. The first-order valence-electron chi connectivity index (χ1n) is 5.08. The highest BCUT2D eigenvalue weighted by molar-refractivity contribution is 7.09. The van der Waals surface area contributed by atoms with E-state index in [2.05, 4.69) is 15.3 Å². The topological polar surface area (TPSA) is 63.8 Å². The minimum Gasteiger partial charge on any atom is -0.392 e. The summed E-state index contributed by atoms with van der Waals surface area (Å²) in [6.07, 6.45) is 2.46. The van der Waals surface area contributed by atoms with E-state index < -0.39 is 6.10 Å². The summed E-state index contributed by atoms with van der Waals surface area (Å²) >= 11 is 1.60. The van der Waals surface area contributed by atoms with Crippen LogP contribution in [0.15, 0.2) is 11.6 Å². The van der Waals surface area contributed by atoms with E-state index in [1.165, 1.54) is 0 Å². The average molecular weight is 238 g/mol. The van der Waals surface area contributed by atoms with Crippen LogP contribution in [0.4, 0.5) is 0 Å². The van der Waals surface area contributed by atoms with Gasteiger partial charge >= 0.3 is 0 Å². The zero-order valence-electron chi connectivity index (χ0n) is 9.29. The Morgan fingerprint density at radius 3 is 2.75 bits per heavy atom. The highest BCUT2D eigenvalue weighted by Crippen LogP contribution is 2.11. The third-order valence-corrected chi connectivity index (χ3v) is 3.03. The van der Waals surface area contributed by atoms with Gasteiger partial charge in [0.2, 0.25) is 0 Å². The molecule has 0 bridgehead atoms. The molecule has 0 saturated heterocycles. The number of aromatic nitrogens is 4. The Morgan fingerprint density at radius 2 is 2.19 bits per heavy atom. The maximum atomic E-state index is 9.86. The molecule has 1 N–H and O–H groups in total. The van der Waals surface area contributed by atoms with Gasteiger partial charge < -0.3 is 5.11 Å². The molecule has 5 nitrogen and oxygen atoms in total. The molecule has 2 aromatic heterocycles. The Balaban J connectivity index is 1.91. The molecule has 2 rings (SSSR count). The van der Waals surface area contributed by atoms with Crippen molar-refractivity contribution in [2.75, 3.05) is 0 Å². The average Bonchev–Trinajstić information content (AvgIpc) is 2.76. The van der Waals surface area contributed by atoms with E-state index in [1.807, 2.05) is 25.5 Å². The van der Waals surface area contributed by atoms with Gasteiger partial charge in [0.1, 0.15) is 0 Å². The molecular weight excluding hydrogens is 224 g/mol. The number of aryl methyl sites for hydroxylation is 2. The molecule has 0 spiro atoms. The minimum absolute atomic E-state index is 0.446. The molecule has 86 valence electrons. The van der Waals surface area contributed by atoms with Crippen LogP contribution >= 0.6 is 11.3 Å². The van der Waals surface area contributed by atoms with Crippen molar-refractivity contribution in [1.29, 1.82) is 0 Å². The molecule has 0 aliphatic carbocycles. The van der Waals surface area contributed by atoms with Gasteiger partial charge in [0.15, 0.2) is 0 Å². The van der Waals surface area contributed by atoms with Gasteiger partial charge in [0.05, 0.1) is 22.5 Å². The van der Waals surface area contributed by atoms with Crippen LogP contribution in [0.1, 0.15) is 16.4 Å². The van der Waals surface area contributed by atoms with Crippen LogP contribution in [0.3, 0.4) is 0 Å². The number of thiazole rings is 1. The number of aliphatic hydroxyl groups excluding tert-OH is 1. The standard InChI is InChI=1S/C10H14N4OS/c1-7-11-9(6-16-7)4-10(15)3-8-5-14(2)13-12-8/h5-6,10,15H,3-4H2,1-2H3. The third-order valence-electron chi connectivity index (χ3n) is 2.21. The molecule has 0 radical (unpaired) electrons. The number of aliphatic hydroxyl groups is 1. The van der Waals surface area contributed by atoms with Gasteiger partial charge in [-0.3, -0.25) is 4.68 Å². The summed E-state index contributed by atoms with van der Waals surface area (Å²) < 4.78 is 1.63.